The summed E-state index contributed by atoms with van der Waals surface area (Å²) in [7, 11) is -3.52. The number of sulfonamides is 1. The number of rotatable bonds is 5. The van der Waals surface area contributed by atoms with Gasteiger partial charge in [-0.1, -0.05) is 71.8 Å². The van der Waals surface area contributed by atoms with E-state index in [1.165, 1.54) is 33.4 Å². The second-order valence-corrected chi connectivity index (χ2v) is 10.0. The van der Waals surface area contributed by atoms with Gasteiger partial charge in [0.2, 0.25) is 0 Å². The van der Waals surface area contributed by atoms with Gasteiger partial charge in [-0.3, -0.25) is 0 Å². The van der Waals surface area contributed by atoms with Crippen LogP contribution in [-0.4, -0.2) is 14.7 Å². The van der Waals surface area contributed by atoms with Crippen molar-refractivity contribution >= 4 is 10.0 Å². The van der Waals surface area contributed by atoms with Gasteiger partial charge >= 0.3 is 19.5 Å². The van der Waals surface area contributed by atoms with Gasteiger partial charge in [-0.2, -0.15) is 0 Å². The summed E-state index contributed by atoms with van der Waals surface area (Å²) in [5, 5.41) is 0. The van der Waals surface area contributed by atoms with Gasteiger partial charge < -0.3 is 10.5 Å². The molecule has 3 aromatic rings. The van der Waals surface area contributed by atoms with Crippen LogP contribution in [0.25, 0.3) is 10.5 Å². The van der Waals surface area contributed by atoms with Crippen molar-refractivity contribution in [2.45, 2.75) is 53.6 Å². The van der Waals surface area contributed by atoms with E-state index in [2.05, 4.69) is 46.3 Å². The Morgan fingerprint density at radius 3 is 1.24 bits per heavy atom. The van der Waals surface area contributed by atoms with Gasteiger partial charge in [0.05, 0.1) is 10.0 Å². The third-order valence-corrected chi connectivity index (χ3v) is 6.91. The zero-order chi connectivity index (χ0) is 24.1. The van der Waals surface area contributed by atoms with Crippen LogP contribution in [0.2, 0.25) is 0 Å². The molecule has 0 bridgehead atoms. The molecule has 0 unspecified atom stereocenters. The van der Waals surface area contributed by atoms with Crippen LogP contribution >= 0.6 is 0 Å². The van der Waals surface area contributed by atoms with Gasteiger partial charge in [-0.15, -0.1) is 12.1 Å². The zero-order valence-corrected chi connectivity index (χ0v) is 23.0. The quantitative estimate of drug-likeness (QED) is 0.310. The van der Waals surface area contributed by atoms with Gasteiger partial charge in [-0.25, -0.2) is 8.42 Å². The molecule has 0 spiro atoms. The predicted octanol–water partition coefficient (Wildman–Crippen LogP) is 7.39. The normalized spacial score (nSPS) is 12.7. The first-order valence-electron chi connectivity index (χ1n) is 10.7. The fourth-order valence-corrected chi connectivity index (χ4v) is 4.36. The molecule has 1 N–H and O–H groups in total. The number of nitrogens with zero attached hydrogens (tertiary/aromatic N) is 1. The molecular formula is C27H34N2O2RuS. The summed E-state index contributed by atoms with van der Waals surface area (Å²) in [4.78, 5) is 0. The van der Waals surface area contributed by atoms with Gasteiger partial charge in [0.1, 0.15) is 0 Å². The van der Waals surface area contributed by atoms with E-state index in [-0.39, 0.29) is 19.5 Å². The Bertz CT molecular complexity index is 1040. The largest absolute Gasteiger partial charge is 2.00 e. The standard InChI is InChI=1S/C15H16N2O2S.C12H18.Ru/c1-20(18,19)17-15(13-10-6-3-7-11-13)14(16)12-8-4-2-5-9-12;1-7-8(2)10(4)12(6)11(5)9(7)3;/h2-11,14-16H,1H3;1-6H3;/q-2;;+2/t14-,15-;;/m1../s1. The minimum absolute atomic E-state index is 0. The van der Waals surface area contributed by atoms with E-state index in [4.69, 9.17) is 5.73 Å². The molecule has 0 aromatic heterocycles. The molecule has 0 saturated heterocycles. The van der Waals surface area contributed by atoms with Gasteiger partial charge in [0.15, 0.2) is 0 Å². The molecule has 0 aliphatic heterocycles. The minimum Gasteiger partial charge on any atom is -0.672 e. The summed E-state index contributed by atoms with van der Waals surface area (Å²) < 4.78 is 26.8. The Hall–Kier alpha value is -1.85. The molecule has 0 aliphatic carbocycles. The van der Waals surface area contributed by atoms with Crippen molar-refractivity contribution in [2.24, 2.45) is 0 Å². The summed E-state index contributed by atoms with van der Waals surface area (Å²) in [6, 6.07) is 16.7. The molecule has 0 saturated carbocycles. The van der Waals surface area contributed by atoms with E-state index in [9.17, 15) is 8.42 Å². The second kappa shape index (κ2) is 12.6. The van der Waals surface area contributed by atoms with Crippen molar-refractivity contribution in [3.05, 3.63) is 116 Å². The van der Waals surface area contributed by atoms with Crippen molar-refractivity contribution < 1.29 is 27.9 Å². The maximum atomic E-state index is 11.5. The topological polar surface area (TPSA) is 72.0 Å². The van der Waals surface area contributed by atoms with Crippen molar-refractivity contribution in [3.63, 3.8) is 0 Å². The SMILES string of the molecule is CS(=O)(=O)[N-][C@H](c1ccccc1)[C@H]([NH-])c1ccccc1.Cc1c(C)c(C)c(C)c(C)c1C.[Ru+2]. The van der Waals surface area contributed by atoms with Gasteiger partial charge in [0.25, 0.3) is 0 Å². The molecule has 0 fully saturated rings. The molecule has 0 heterocycles. The Kier molecular flexibility index (Phi) is 11.1. The second-order valence-electron chi connectivity index (χ2n) is 8.33. The van der Waals surface area contributed by atoms with E-state index in [1.54, 1.807) is 12.1 Å². The molecule has 33 heavy (non-hydrogen) atoms. The van der Waals surface area contributed by atoms with E-state index in [0.717, 1.165) is 17.4 Å². The van der Waals surface area contributed by atoms with Crippen molar-refractivity contribution in [2.75, 3.05) is 6.26 Å². The minimum atomic E-state index is -3.52. The van der Waals surface area contributed by atoms with Crippen molar-refractivity contribution in [1.29, 1.82) is 0 Å². The van der Waals surface area contributed by atoms with Gasteiger partial charge in [0, 0.05) is 6.26 Å². The molecule has 0 radical (unpaired) electrons. The third-order valence-electron chi connectivity index (χ3n) is 6.30. The van der Waals surface area contributed by atoms with Crippen molar-refractivity contribution in [3.8, 4) is 0 Å². The van der Waals surface area contributed by atoms with Crippen molar-refractivity contribution in [1.82, 2.24) is 0 Å². The molecule has 178 valence electrons. The maximum absolute atomic E-state index is 11.5. The fraction of sp³-hybridized carbons (Fsp3) is 0.333. The van der Waals surface area contributed by atoms with E-state index in [0.29, 0.717) is 0 Å². The molecule has 0 aliphatic rings. The Balaban J connectivity index is 0.000000361. The first kappa shape index (κ1) is 29.2. The van der Waals surface area contributed by atoms with Gasteiger partial charge in [-0.05, 0) is 74.9 Å². The molecule has 3 aromatic carbocycles. The van der Waals surface area contributed by atoms with E-state index in [1.807, 2.05) is 48.5 Å². The van der Waals surface area contributed by atoms with Crippen LogP contribution < -0.4 is 0 Å². The Morgan fingerprint density at radius 1 is 0.636 bits per heavy atom. The molecule has 2 atom stereocenters. The summed E-state index contributed by atoms with van der Waals surface area (Å²) in [6.45, 7) is 13.3. The number of hydrogen-bond donors (Lipinski definition) is 0. The van der Waals surface area contributed by atoms with Crippen LogP contribution in [-0.2, 0) is 29.5 Å². The first-order valence-corrected chi connectivity index (χ1v) is 12.6. The average molecular weight is 552 g/mol. The number of hydrogen-bond acceptors (Lipinski definition) is 2. The summed E-state index contributed by atoms with van der Waals surface area (Å²) in [5.74, 6) is 0. The summed E-state index contributed by atoms with van der Waals surface area (Å²) in [5.41, 5.74) is 18.5. The molecule has 6 heteroatoms. The first-order chi connectivity index (χ1) is 14.9. The van der Waals surface area contributed by atoms with Crippen LogP contribution in [0.15, 0.2) is 60.7 Å². The molecule has 4 nitrogen and oxygen atoms in total. The molecule has 0 amide bonds. The van der Waals surface area contributed by atoms with E-state index < -0.39 is 22.1 Å². The van der Waals surface area contributed by atoms with E-state index >= 15 is 0 Å². The smallest absolute Gasteiger partial charge is 0.672 e. The van der Waals surface area contributed by atoms with Crippen LogP contribution in [0.1, 0.15) is 56.6 Å². The van der Waals surface area contributed by atoms with Crippen LogP contribution in [0.5, 0.6) is 0 Å². The Labute approximate surface area is 212 Å². The number of benzene rings is 3. The fourth-order valence-electron chi connectivity index (χ4n) is 3.70. The Morgan fingerprint density at radius 2 is 0.939 bits per heavy atom. The summed E-state index contributed by atoms with van der Waals surface area (Å²) >= 11 is 0. The zero-order valence-electron chi connectivity index (χ0n) is 20.5. The molecular weight excluding hydrogens is 517 g/mol. The third kappa shape index (κ3) is 7.86. The van der Waals surface area contributed by atoms with Crippen LogP contribution in [0.4, 0.5) is 0 Å². The maximum Gasteiger partial charge on any atom is 2.00 e. The monoisotopic (exact) mass is 552 g/mol. The molecule has 3 rings (SSSR count). The predicted molar refractivity (Wildman–Crippen MR) is 136 cm³/mol. The van der Waals surface area contributed by atoms with Crippen LogP contribution in [0.3, 0.4) is 0 Å². The summed E-state index contributed by atoms with van der Waals surface area (Å²) in [6.07, 6.45) is 1.06. The number of nitrogens with one attached hydrogen (secondary N) is 1. The average Bonchev–Trinajstić information content (AvgIpc) is 2.79. The van der Waals surface area contributed by atoms with Crippen LogP contribution in [0, 0.1) is 41.5 Å².